The van der Waals surface area contributed by atoms with E-state index in [2.05, 4.69) is 19.2 Å². The molecule has 16 heavy (non-hydrogen) atoms. The fourth-order valence-electron chi connectivity index (χ4n) is 3.78. The summed E-state index contributed by atoms with van der Waals surface area (Å²) in [6.45, 7) is 6.45. The summed E-state index contributed by atoms with van der Waals surface area (Å²) in [6, 6.07) is 0.513. The topological polar surface area (TPSA) is 38.0 Å². The Labute approximate surface area is 100 Å². The predicted octanol–water partition coefficient (Wildman–Crippen LogP) is 2.39. The Morgan fingerprint density at radius 1 is 1.25 bits per heavy atom. The van der Waals surface area contributed by atoms with Crippen molar-refractivity contribution in [1.29, 1.82) is 0 Å². The summed E-state index contributed by atoms with van der Waals surface area (Å²) in [6.07, 6.45) is 7.46. The van der Waals surface area contributed by atoms with Gasteiger partial charge in [0.15, 0.2) is 0 Å². The van der Waals surface area contributed by atoms with Gasteiger partial charge in [-0.25, -0.2) is 0 Å². The van der Waals surface area contributed by atoms with Crippen LogP contribution in [-0.2, 0) is 0 Å². The first-order chi connectivity index (χ1) is 7.70. The second-order valence-corrected chi connectivity index (χ2v) is 6.26. The van der Waals surface area contributed by atoms with Gasteiger partial charge >= 0.3 is 0 Å². The molecule has 0 aromatic rings. The van der Waals surface area contributed by atoms with Crippen LogP contribution in [0, 0.1) is 23.7 Å². The van der Waals surface area contributed by atoms with E-state index in [0.29, 0.717) is 12.0 Å². The fourth-order valence-corrected chi connectivity index (χ4v) is 3.78. The zero-order valence-electron chi connectivity index (χ0n) is 10.9. The van der Waals surface area contributed by atoms with E-state index in [4.69, 9.17) is 5.73 Å². The third-order valence-corrected chi connectivity index (χ3v) is 4.86. The van der Waals surface area contributed by atoms with Crippen molar-refractivity contribution in [2.75, 3.05) is 13.1 Å². The molecule has 2 rings (SSSR count). The highest BCUT2D eigenvalue weighted by Gasteiger charge is 2.38. The second-order valence-electron chi connectivity index (χ2n) is 6.26. The summed E-state index contributed by atoms with van der Waals surface area (Å²) in [4.78, 5) is 0. The highest BCUT2D eigenvalue weighted by atomic mass is 14.9. The van der Waals surface area contributed by atoms with Crippen LogP contribution in [0.4, 0.5) is 0 Å². The molecule has 0 heterocycles. The second kappa shape index (κ2) is 5.50. The molecule has 2 bridgehead atoms. The molecule has 0 spiro atoms. The van der Waals surface area contributed by atoms with Gasteiger partial charge in [0.05, 0.1) is 0 Å². The number of hydrogen-bond donors (Lipinski definition) is 2. The van der Waals surface area contributed by atoms with Gasteiger partial charge in [-0.3, -0.25) is 0 Å². The first-order valence-electron chi connectivity index (χ1n) is 7.14. The van der Waals surface area contributed by atoms with Gasteiger partial charge in [-0.15, -0.1) is 0 Å². The van der Waals surface area contributed by atoms with Gasteiger partial charge in [-0.05, 0) is 55.9 Å². The summed E-state index contributed by atoms with van der Waals surface area (Å²) in [7, 11) is 0. The average Bonchev–Trinajstić information content (AvgIpc) is 2.85. The lowest BCUT2D eigenvalue weighted by molar-refractivity contribution is 0.297. The van der Waals surface area contributed by atoms with Crippen LogP contribution in [-0.4, -0.2) is 19.1 Å². The Morgan fingerprint density at radius 2 is 2.06 bits per heavy atom. The smallest absolute Gasteiger partial charge is 0.0213 e. The maximum Gasteiger partial charge on any atom is 0.0213 e. The molecule has 2 nitrogen and oxygen atoms in total. The minimum atomic E-state index is 0.513. The minimum absolute atomic E-state index is 0.513. The highest BCUT2D eigenvalue weighted by Crippen LogP contribution is 2.49. The molecule has 2 fully saturated rings. The van der Waals surface area contributed by atoms with Crippen LogP contribution in [0.2, 0.25) is 0 Å². The summed E-state index contributed by atoms with van der Waals surface area (Å²) >= 11 is 0. The van der Waals surface area contributed by atoms with Gasteiger partial charge in [0.2, 0.25) is 0 Å². The van der Waals surface area contributed by atoms with Crippen LogP contribution >= 0.6 is 0 Å². The highest BCUT2D eigenvalue weighted by molar-refractivity contribution is 4.90. The van der Waals surface area contributed by atoms with Crippen molar-refractivity contribution >= 4 is 0 Å². The molecule has 94 valence electrons. The summed E-state index contributed by atoms with van der Waals surface area (Å²) in [5.74, 6) is 3.84. The molecule has 0 aromatic heterocycles. The van der Waals surface area contributed by atoms with Crippen LogP contribution in [0.5, 0.6) is 0 Å². The van der Waals surface area contributed by atoms with Crippen LogP contribution in [0.15, 0.2) is 0 Å². The SMILES string of the molecule is CC(C)C(CN)NCCC1CC2CCC1C2. The van der Waals surface area contributed by atoms with Gasteiger partial charge in [-0.1, -0.05) is 20.3 Å². The number of hydrogen-bond acceptors (Lipinski definition) is 2. The van der Waals surface area contributed by atoms with Gasteiger partial charge in [0, 0.05) is 12.6 Å². The molecule has 0 aromatic carbocycles. The molecule has 0 aliphatic heterocycles. The monoisotopic (exact) mass is 224 g/mol. The molecular formula is C14H28N2. The first kappa shape index (κ1) is 12.4. The van der Waals surface area contributed by atoms with Crippen molar-refractivity contribution < 1.29 is 0 Å². The third kappa shape index (κ3) is 2.78. The third-order valence-electron chi connectivity index (χ3n) is 4.86. The van der Waals surface area contributed by atoms with Gasteiger partial charge < -0.3 is 11.1 Å². The Balaban J connectivity index is 1.64. The van der Waals surface area contributed by atoms with Crippen molar-refractivity contribution in [3.8, 4) is 0 Å². The van der Waals surface area contributed by atoms with Gasteiger partial charge in [0.25, 0.3) is 0 Å². The Kier molecular flexibility index (Phi) is 4.26. The lowest BCUT2D eigenvalue weighted by atomic mass is 9.86. The van der Waals surface area contributed by atoms with Crippen molar-refractivity contribution in [3.05, 3.63) is 0 Å². The Morgan fingerprint density at radius 3 is 2.56 bits per heavy atom. The number of nitrogens with one attached hydrogen (secondary N) is 1. The van der Waals surface area contributed by atoms with E-state index in [-0.39, 0.29) is 0 Å². The molecular weight excluding hydrogens is 196 g/mol. The molecule has 3 N–H and O–H groups in total. The van der Waals surface area contributed by atoms with Crippen LogP contribution in [0.25, 0.3) is 0 Å². The maximum atomic E-state index is 5.77. The first-order valence-corrected chi connectivity index (χ1v) is 7.14. The molecule has 2 saturated carbocycles. The zero-order valence-corrected chi connectivity index (χ0v) is 10.9. The Hall–Kier alpha value is -0.0800. The fraction of sp³-hybridized carbons (Fsp3) is 1.00. The normalized spacial score (nSPS) is 34.9. The van der Waals surface area contributed by atoms with E-state index >= 15 is 0 Å². The average molecular weight is 224 g/mol. The molecule has 2 aliphatic rings. The van der Waals surface area contributed by atoms with Crippen LogP contribution in [0.1, 0.15) is 46.0 Å². The Bertz CT molecular complexity index is 215. The molecule has 0 amide bonds. The molecule has 2 aliphatic carbocycles. The van der Waals surface area contributed by atoms with Crippen molar-refractivity contribution in [3.63, 3.8) is 0 Å². The van der Waals surface area contributed by atoms with Crippen LogP contribution in [0.3, 0.4) is 0 Å². The summed E-state index contributed by atoms with van der Waals surface area (Å²) in [5.41, 5.74) is 5.77. The largest absolute Gasteiger partial charge is 0.329 e. The van der Waals surface area contributed by atoms with E-state index in [1.165, 1.54) is 38.6 Å². The molecule has 4 atom stereocenters. The summed E-state index contributed by atoms with van der Waals surface area (Å²) < 4.78 is 0. The molecule has 0 saturated heterocycles. The van der Waals surface area contributed by atoms with E-state index in [1.807, 2.05) is 0 Å². The van der Waals surface area contributed by atoms with E-state index < -0.39 is 0 Å². The zero-order chi connectivity index (χ0) is 11.5. The lowest BCUT2D eigenvalue weighted by Gasteiger charge is -2.25. The van der Waals surface area contributed by atoms with Gasteiger partial charge in [-0.2, -0.15) is 0 Å². The number of fused-ring (bicyclic) bond motifs is 2. The minimum Gasteiger partial charge on any atom is -0.329 e. The molecule has 0 radical (unpaired) electrons. The van der Waals surface area contributed by atoms with E-state index in [0.717, 1.165) is 24.3 Å². The van der Waals surface area contributed by atoms with Crippen LogP contribution < -0.4 is 11.1 Å². The molecule has 2 heteroatoms. The van der Waals surface area contributed by atoms with E-state index in [1.54, 1.807) is 0 Å². The maximum absolute atomic E-state index is 5.77. The van der Waals surface area contributed by atoms with Crippen molar-refractivity contribution in [2.45, 2.75) is 52.0 Å². The number of nitrogens with two attached hydrogens (primary N) is 1. The number of rotatable bonds is 6. The van der Waals surface area contributed by atoms with Crippen molar-refractivity contribution in [2.24, 2.45) is 29.4 Å². The predicted molar refractivity (Wildman–Crippen MR) is 69.2 cm³/mol. The lowest BCUT2D eigenvalue weighted by Crippen LogP contribution is -2.41. The standard InChI is InChI=1S/C14H28N2/c1-10(2)14(9-15)16-6-5-13-8-11-3-4-12(13)7-11/h10-14,16H,3-9,15H2,1-2H3. The molecule has 4 unspecified atom stereocenters. The van der Waals surface area contributed by atoms with Gasteiger partial charge in [0.1, 0.15) is 0 Å². The van der Waals surface area contributed by atoms with Crippen molar-refractivity contribution in [1.82, 2.24) is 5.32 Å². The quantitative estimate of drug-likeness (QED) is 0.727. The summed E-state index contributed by atoms with van der Waals surface area (Å²) in [5, 5.41) is 3.63. The van der Waals surface area contributed by atoms with E-state index in [9.17, 15) is 0 Å².